The van der Waals surface area contributed by atoms with E-state index >= 15 is 0 Å². The molecule has 0 saturated heterocycles. The highest BCUT2D eigenvalue weighted by atomic mass is 19.4. The van der Waals surface area contributed by atoms with Gasteiger partial charge in [-0.3, -0.25) is 14.8 Å². The van der Waals surface area contributed by atoms with E-state index in [0.717, 1.165) is 17.8 Å². The minimum atomic E-state index is -4.59. The third kappa shape index (κ3) is 5.90. The van der Waals surface area contributed by atoms with E-state index in [0.29, 0.717) is 28.7 Å². The molecule has 0 bridgehead atoms. The van der Waals surface area contributed by atoms with Crippen LogP contribution in [0.15, 0.2) is 79.6 Å². The molecule has 9 nitrogen and oxygen atoms in total. The molecule has 39 heavy (non-hydrogen) atoms. The second-order valence-corrected chi connectivity index (χ2v) is 8.60. The summed E-state index contributed by atoms with van der Waals surface area (Å²) in [5.74, 6) is -0.244. The number of nitrogens with zero attached hydrogens (tertiary/aromatic N) is 6. The number of halogens is 3. The largest absolute Gasteiger partial charge is 0.416 e. The summed E-state index contributed by atoms with van der Waals surface area (Å²) in [5.41, 5.74) is 2.80. The van der Waals surface area contributed by atoms with Gasteiger partial charge in [0, 0.05) is 47.4 Å². The van der Waals surface area contributed by atoms with Gasteiger partial charge in [-0.2, -0.15) is 13.2 Å². The number of carbonyl (C=O) groups excluding carboxylic acids is 1. The second kappa shape index (κ2) is 10.3. The number of benzene rings is 2. The number of aryl methyl sites for hydroxylation is 2. The van der Waals surface area contributed by atoms with Gasteiger partial charge in [-0.1, -0.05) is 0 Å². The van der Waals surface area contributed by atoms with Crippen molar-refractivity contribution in [3.05, 3.63) is 102 Å². The van der Waals surface area contributed by atoms with E-state index in [2.05, 4.69) is 35.6 Å². The molecule has 12 heteroatoms. The fourth-order valence-electron chi connectivity index (χ4n) is 3.81. The van der Waals surface area contributed by atoms with Crippen LogP contribution in [0.4, 0.5) is 30.5 Å². The van der Waals surface area contributed by atoms with Crippen molar-refractivity contribution in [2.24, 2.45) is 0 Å². The topological polar surface area (TPSA) is 111 Å². The molecule has 3 aromatic heterocycles. The Bertz CT molecular complexity index is 1650. The number of aromatic nitrogens is 6. The highest BCUT2D eigenvalue weighted by molar-refractivity contribution is 6.04. The molecule has 0 saturated carbocycles. The van der Waals surface area contributed by atoms with E-state index in [1.54, 1.807) is 62.0 Å². The zero-order valence-electron chi connectivity index (χ0n) is 20.7. The fourth-order valence-corrected chi connectivity index (χ4v) is 3.81. The Hall–Kier alpha value is -5.13. The predicted octanol–water partition coefficient (Wildman–Crippen LogP) is 5.75. The minimum Gasteiger partial charge on any atom is -0.324 e. The normalized spacial score (nSPS) is 11.3. The monoisotopic (exact) mass is 530 g/mol. The molecule has 5 aromatic rings. The average molecular weight is 531 g/mol. The zero-order chi connectivity index (χ0) is 27.6. The van der Waals surface area contributed by atoms with Crippen LogP contribution >= 0.6 is 0 Å². The number of imidazole rings is 1. The molecular formula is C27H21F3N8O. The highest BCUT2D eigenvalue weighted by Gasteiger charge is 2.31. The van der Waals surface area contributed by atoms with Crippen LogP contribution in [0.1, 0.15) is 27.3 Å². The van der Waals surface area contributed by atoms with Gasteiger partial charge in [0.15, 0.2) is 0 Å². The van der Waals surface area contributed by atoms with Crippen molar-refractivity contribution in [1.29, 1.82) is 0 Å². The number of rotatable bonds is 6. The van der Waals surface area contributed by atoms with Gasteiger partial charge in [0.1, 0.15) is 5.69 Å². The Morgan fingerprint density at radius 3 is 2.33 bits per heavy atom. The first-order valence-electron chi connectivity index (χ1n) is 11.7. The van der Waals surface area contributed by atoms with E-state index in [4.69, 9.17) is 0 Å². The molecule has 1 amide bonds. The minimum absolute atomic E-state index is 0.00268. The summed E-state index contributed by atoms with van der Waals surface area (Å²) in [6.07, 6.45) is 3.19. The number of hydrogen-bond acceptors (Lipinski definition) is 7. The van der Waals surface area contributed by atoms with Crippen LogP contribution in [-0.2, 0) is 6.18 Å². The van der Waals surface area contributed by atoms with E-state index in [-0.39, 0.29) is 16.9 Å². The Morgan fingerprint density at radius 1 is 0.872 bits per heavy atom. The summed E-state index contributed by atoms with van der Waals surface area (Å²) in [7, 11) is 0. The van der Waals surface area contributed by atoms with Crippen molar-refractivity contribution in [2.45, 2.75) is 20.0 Å². The Labute approximate surface area is 220 Å². The van der Waals surface area contributed by atoms with Gasteiger partial charge >= 0.3 is 6.18 Å². The second-order valence-electron chi connectivity index (χ2n) is 8.60. The number of alkyl halides is 3. The molecule has 2 aromatic carbocycles. The van der Waals surface area contributed by atoms with Crippen LogP contribution in [-0.4, -0.2) is 35.4 Å². The Morgan fingerprint density at radius 2 is 1.64 bits per heavy atom. The van der Waals surface area contributed by atoms with Gasteiger partial charge in [-0.05, 0) is 62.4 Å². The van der Waals surface area contributed by atoms with Crippen molar-refractivity contribution >= 4 is 23.2 Å². The fraction of sp³-hybridized carbons (Fsp3) is 0.111. The van der Waals surface area contributed by atoms with Crippen molar-refractivity contribution < 1.29 is 18.0 Å². The summed E-state index contributed by atoms with van der Waals surface area (Å²) in [6, 6.07) is 11.4. The molecule has 0 unspecified atom stereocenters. The van der Waals surface area contributed by atoms with Crippen LogP contribution in [0, 0.1) is 13.8 Å². The maximum atomic E-state index is 13.5. The van der Waals surface area contributed by atoms with E-state index < -0.39 is 17.6 Å². The van der Waals surface area contributed by atoms with Crippen molar-refractivity contribution in [2.75, 3.05) is 10.6 Å². The third-order valence-corrected chi connectivity index (χ3v) is 5.70. The number of carbonyl (C=O) groups is 1. The molecule has 0 radical (unpaired) electrons. The molecule has 0 aliphatic rings. The lowest BCUT2D eigenvalue weighted by Crippen LogP contribution is -2.14. The van der Waals surface area contributed by atoms with Gasteiger partial charge in [-0.25, -0.2) is 15.0 Å². The Balaban J connectivity index is 1.33. The molecular weight excluding hydrogens is 509 g/mol. The molecule has 0 spiro atoms. The van der Waals surface area contributed by atoms with Crippen LogP contribution in [0.2, 0.25) is 0 Å². The maximum Gasteiger partial charge on any atom is 0.416 e. The molecule has 0 aliphatic heterocycles. The molecule has 0 atom stereocenters. The van der Waals surface area contributed by atoms with Gasteiger partial charge < -0.3 is 15.2 Å². The van der Waals surface area contributed by atoms with Gasteiger partial charge in [0.2, 0.25) is 5.95 Å². The zero-order valence-corrected chi connectivity index (χ0v) is 20.7. The van der Waals surface area contributed by atoms with Crippen LogP contribution in [0.25, 0.3) is 17.1 Å². The van der Waals surface area contributed by atoms with Gasteiger partial charge in [0.25, 0.3) is 5.91 Å². The van der Waals surface area contributed by atoms with E-state index in [1.165, 1.54) is 17.0 Å². The first-order valence-corrected chi connectivity index (χ1v) is 11.7. The number of amides is 1. The first-order chi connectivity index (χ1) is 18.7. The van der Waals surface area contributed by atoms with Crippen molar-refractivity contribution in [3.8, 4) is 17.1 Å². The molecule has 2 N–H and O–H groups in total. The SMILES string of the molecule is Cc1cn(-c2cc(NC(=O)c3ccc(Nc4nccc(-c5nccnc5C)n4)cc3)cc(C(F)(F)F)c2)cn1. The van der Waals surface area contributed by atoms with Crippen molar-refractivity contribution in [1.82, 2.24) is 29.5 Å². The lowest BCUT2D eigenvalue weighted by atomic mass is 10.1. The summed E-state index contributed by atoms with van der Waals surface area (Å²) in [4.78, 5) is 34.1. The van der Waals surface area contributed by atoms with Crippen LogP contribution < -0.4 is 10.6 Å². The van der Waals surface area contributed by atoms with Crippen LogP contribution in [0.5, 0.6) is 0 Å². The first kappa shape index (κ1) is 25.5. The smallest absolute Gasteiger partial charge is 0.324 e. The maximum absolute atomic E-state index is 13.5. The average Bonchev–Trinajstić information content (AvgIpc) is 3.35. The summed E-state index contributed by atoms with van der Waals surface area (Å²) < 4.78 is 42.1. The summed E-state index contributed by atoms with van der Waals surface area (Å²) in [6.45, 7) is 3.56. The van der Waals surface area contributed by atoms with Crippen LogP contribution in [0.3, 0.4) is 0 Å². The summed E-state index contributed by atoms with van der Waals surface area (Å²) in [5, 5.41) is 5.62. The van der Waals surface area contributed by atoms with Crippen molar-refractivity contribution in [3.63, 3.8) is 0 Å². The lowest BCUT2D eigenvalue weighted by Gasteiger charge is -2.14. The van der Waals surface area contributed by atoms with Gasteiger partial charge in [0.05, 0.1) is 29.0 Å². The van der Waals surface area contributed by atoms with E-state index in [9.17, 15) is 18.0 Å². The standard InChI is InChI=1S/C27H21F3N8O/c1-16-14-38(15-34-16)22-12-19(27(28,29)30)11-21(13-22)35-25(39)18-3-5-20(6-4-18)36-26-33-8-7-23(37-26)24-17(2)31-9-10-32-24/h3-15H,1-2H3,(H,35,39)(H,33,36,37). The molecule has 0 fully saturated rings. The highest BCUT2D eigenvalue weighted by Crippen LogP contribution is 2.33. The third-order valence-electron chi connectivity index (χ3n) is 5.70. The summed E-state index contributed by atoms with van der Waals surface area (Å²) >= 11 is 0. The molecule has 0 aliphatic carbocycles. The van der Waals surface area contributed by atoms with E-state index in [1.807, 2.05) is 6.92 Å². The predicted molar refractivity (Wildman–Crippen MR) is 139 cm³/mol. The number of nitrogens with one attached hydrogen (secondary N) is 2. The molecule has 3 heterocycles. The molecule has 5 rings (SSSR count). The number of hydrogen-bond donors (Lipinski definition) is 2. The quantitative estimate of drug-likeness (QED) is 0.288. The number of anilines is 3. The van der Waals surface area contributed by atoms with Gasteiger partial charge in [-0.15, -0.1) is 0 Å². The lowest BCUT2D eigenvalue weighted by molar-refractivity contribution is -0.137. The molecule has 196 valence electrons. The Kier molecular flexibility index (Phi) is 6.75.